The van der Waals surface area contributed by atoms with E-state index in [-0.39, 0.29) is 5.91 Å². The largest absolute Gasteiger partial charge is 0.385 e. The third-order valence-corrected chi connectivity index (χ3v) is 3.72. The number of carbonyl (C=O) groups excluding carboxylic acids is 1. The minimum absolute atomic E-state index is 0.145. The maximum Gasteiger partial charge on any atom is 0.228 e. The van der Waals surface area contributed by atoms with Gasteiger partial charge in [-0.25, -0.2) is 0 Å². The van der Waals surface area contributed by atoms with Gasteiger partial charge in [-0.1, -0.05) is 37.3 Å². The van der Waals surface area contributed by atoms with Crippen LogP contribution in [0.5, 0.6) is 0 Å². The standard InChI is InChI=1S/C19H24N2O/c1-3-16-10-12-17(13-11-16)20-15-14-19(22)21(4-2)18-8-6-5-7-9-18/h5-13,20H,3-4,14-15H2,1-2H3. The molecule has 0 atom stereocenters. The number of para-hydroxylation sites is 1. The monoisotopic (exact) mass is 296 g/mol. The van der Waals surface area contributed by atoms with Crippen molar-refractivity contribution < 1.29 is 4.79 Å². The highest BCUT2D eigenvalue weighted by molar-refractivity contribution is 5.93. The summed E-state index contributed by atoms with van der Waals surface area (Å²) < 4.78 is 0. The average Bonchev–Trinajstić information content (AvgIpc) is 2.57. The van der Waals surface area contributed by atoms with Crippen LogP contribution in [-0.4, -0.2) is 19.0 Å². The molecule has 2 rings (SSSR count). The fraction of sp³-hybridized carbons (Fsp3) is 0.316. The highest BCUT2D eigenvalue weighted by Gasteiger charge is 2.12. The number of amides is 1. The van der Waals surface area contributed by atoms with E-state index in [0.29, 0.717) is 19.5 Å². The van der Waals surface area contributed by atoms with Crippen molar-refractivity contribution in [2.45, 2.75) is 26.7 Å². The summed E-state index contributed by atoms with van der Waals surface area (Å²) in [6, 6.07) is 18.2. The fourth-order valence-corrected chi connectivity index (χ4v) is 2.42. The number of hydrogen-bond donors (Lipinski definition) is 1. The number of carbonyl (C=O) groups is 1. The molecule has 3 heteroatoms. The molecule has 0 fully saturated rings. The first-order valence-corrected chi connectivity index (χ1v) is 7.92. The van der Waals surface area contributed by atoms with Crippen molar-refractivity contribution in [2.75, 3.05) is 23.3 Å². The maximum atomic E-state index is 12.4. The number of benzene rings is 2. The topological polar surface area (TPSA) is 32.3 Å². The van der Waals surface area contributed by atoms with Crippen LogP contribution in [0.4, 0.5) is 11.4 Å². The van der Waals surface area contributed by atoms with Crippen molar-refractivity contribution >= 4 is 17.3 Å². The van der Waals surface area contributed by atoms with Gasteiger partial charge < -0.3 is 10.2 Å². The predicted octanol–water partition coefficient (Wildman–Crippen LogP) is 4.10. The van der Waals surface area contributed by atoms with Gasteiger partial charge in [0.25, 0.3) is 0 Å². The molecular formula is C19H24N2O. The first kappa shape index (κ1) is 16.1. The SMILES string of the molecule is CCc1ccc(NCCC(=O)N(CC)c2ccccc2)cc1. The minimum Gasteiger partial charge on any atom is -0.385 e. The minimum atomic E-state index is 0.145. The van der Waals surface area contributed by atoms with E-state index in [1.807, 2.05) is 42.2 Å². The lowest BCUT2D eigenvalue weighted by Gasteiger charge is -2.21. The molecule has 0 aromatic heterocycles. The Morgan fingerprint density at radius 1 is 1.00 bits per heavy atom. The van der Waals surface area contributed by atoms with Crippen LogP contribution < -0.4 is 10.2 Å². The lowest BCUT2D eigenvalue weighted by molar-refractivity contribution is -0.118. The second-order valence-corrected chi connectivity index (χ2v) is 5.20. The van der Waals surface area contributed by atoms with Gasteiger partial charge in [0.1, 0.15) is 0 Å². The number of nitrogens with one attached hydrogen (secondary N) is 1. The Balaban J connectivity index is 1.86. The zero-order valence-corrected chi connectivity index (χ0v) is 13.4. The third-order valence-electron chi connectivity index (χ3n) is 3.72. The van der Waals surface area contributed by atoms with Crippen LogP contribution in [0.2, 0.25) is 0 Å². The molecule has 0 bridgehead atoms. The van der Waals surface area contributed by atoms with Crippen LogP contribution in [0, 0.1) is 0 Å². The summed E-state index contributed by atoms with van der Waals surface area (Å²) >= 11 is 0. The second-order valence-electron chi connectivity index (χ2n) is 5.20. The van der Waals surface area contributed by atoms with Crippen molar-refractivity contribution in [1.29, 1.82) is 0 Å². The van der Waals surface area contributed by atoms with Crippen molar-refractivity contribution in [1.82, 2.24) is 0 Å². The van der Waals surface area contributed by atoms with Gasteiger partial charge in [0.2, 0.25) is 5.91 Å². The third kappa shape index (κ3) is 4.35. The first-order chi connectivity index (χ1) is 10.7. The van der Waals surface area contributed by atoms with Crippen LogP contribution in [0.3, 0.4) is 0 Å². The van der Waals surface area contributed by atoms with Gasteiger partial charge >= 0.3 is 0 Å². The summed E-state index contributed by atoms with van der Waals surface area (Å²) in [5.41, 5.74) is 3.35. The van der Waals surface area contributed by atoms with Gasteiger partial charge in [-0.15, -0.1) is 0 Å². The van der Waals surface area contributed by atoms with Gasteiger partial charge in [0, 0.05) is 30.9 Å². The van der Waals surface area contributed by atoms with E-state index >= 15 is 0 Å². The highest BCUT2D eigenvalue weighted by atomic mass is 16.2. The molecule has 1 amide bonds. The van der Waals surface area contributed by atoms with Crippen molar-refractivity contribution in [3.05, 3.63) is 60.2 Å². The zero-order valence-electron chi connectivity index (χ0n) is 13.4. The van der Waals surface area contributed by atoms with Gasteiger partial charge in [0.15, 0.2) is 0 Å². The second kappa shape index (κ2) is 8.23. The van der Waals surface area contributed by atoms with Gasteiger partial charge in [-0.05, 0) is 43.2 Å². The fourth-order valence-electron chi connectivity index (χ4n) is 2.42. The number of anilines is 2. The zero-order chi connectivity index (χ0) is 15.8. The molecule has 0 saturated heterocycles. The number of hydrogen-bond acceptors (Lipinski definition) is 2. The Kier molecular flexibility index (Phi) is 6.01. The molecule has 3 nitrogen and oxygen atoms in total. The van der Waals surface area contributed by atoms with E-state index < -0.39 is 0 Å². The Bertz CT molecular complexity index is 578. The molecule has 1 N–H and O–H groups in total. The van der Waals surface area contributed by atoms with E-state index in [9.17, 15) is 4.79 Å². The van der Waals surface area contributed by atoms with E-state index in [1.165, 1.54) is 5.56 Å². The molecule has 0 unspecified atom stereocenters. The summed E-state index contributed by atoms with van der Waals surface area (Å²) in [5, 5.41) is 3.31. The Morgan fingerprint density at radius 3 is 2.27 bits per heavy atom. The number of nitrogens with zero attached hydrogens (tertiary/aromatic N) is 1. The van der Waals surface area contributed by atoms with Crippen molar-refractivity contribution in [2.24, 2.45) is 0 Å². The summed E-state index contributed by atoms with van der Waals surface area (Å²) in [5.74, 6) is 0.145. The predicted molar refractivity (Wildman–Crippen MR) is 93.4 cm³/mol. The molecule has 0 aliphatic carbocycles. The molecule has 0 aliphatic heterocycles. The van der Waals surface area contributed by atoms with Gasteiger partial charge in [-0.3, -0.25) is 4.79 Å². The van der Waals surface area contributed by atoms with Crippen LogP contribution in [-0.2, 0) is 11.2 Å². The summed E-state index contributed by atoms with van der Waals surface area (Å²) in [6.45, 7) is 5.48. The van der Waals surface area contributed by atoms with Gasteiger partial charge in [-0.2, -0.15) is 0 Å². The summed E-state index contributed by atoms with van der Waals surface area (Å²) in [7, 11) is 0. The Morgan fingerprint density at radius 2 is 1.68 bits per heavy atom. The van der Waals surface area contributed by atoms with E-state index in [4.69, 9.17) is 0 Å². The Labute approximate surface area is 133 Å². The average molecular weight is 296 g/mol. The van der Waals surface area contributed by atoms with Crippen molar-refractivity contribution in [3.8, 4) is 0 Å². The van der Waals surface area contributed by atoms with E-state index in [1.54, 1.807) is 0 Å². The first-order valence-electron chi connectivity index (χ1n) is 7.92. The molecule has 0 heterocycles. The van der Waals surface area contributed by atoms with Crippen LogP contribution in [0.1, 0.15) is 25.8 Å². The van der Waals surface area contributed by atoms with E-state index in [2.05, 4.69) is 36.5 Å². The van der Waals surface area contributed by atoms with Crippen molar-refractivity contribution in [3.63, 3.8) is 0 Å². The molecular weight excluding hydrogens is 272 g/mol. The van der Waals surface area contributed by atoms with E-state index in [0.717, 1.165) is 17.8 Å². The quantitative estimate of drug-likeness (QED) is 0.834. The molecule has 0 spiro atoms. The van der Waals surface area contributed by atoms with Crippen LogP contribution in [0.25, 0.3) is 0 Å². The summed E-state index contributed by atoms with van der Waals surface area (Å²) in [4.78, 5) is 14.2. The lowest BCUT2D eigenvalue weighted by Crippen LogP contribution is -2.31. The Hall–Kier alpha value is -2.29. The molecule has 0 aliphatic rings. The van der Waals surface area contributed by atoms with Gasteiger partial charge in [0.05, 0.1) is 0 Å². The summed E-state index contributed by atoms with van der Waals surface area (Å²) in [6.07, 6.45) is 1.53. The smallest absolute Gasteiger partial charge is 0.228 e. The molecule has 0 saturated carbocycles. The molecule has 0 radical (unpaired) electrons. The molecule has 116 valence electrons. The normalized spacial score (nSPS) is 10.3. The number of aryl methyl sites for hydroxylation is 1. The highest BCUT2D eigenvalue weighted by Crippen LogP contribution is 2.14. The molecule has 2 aromatic carbocycles. The van der Waals surface area contributed by atoms with Crippen LogP contribution >= 0.6 is 0 Å². The van der Waals surface area contributed by atoms with Crippen LogP contribution in [0.15, 0.2) is 54.6 Å². The maximum absolute atomic E-state index is 12.4. The molecule has 22 heavy (non-hydrogen) atoms. The number of rotatable bonds is 7. The lowest BCUT2D eigenvalue weighted by atomic mass is 10.1. The molecule has 2 aromatic rings.